The van der Waals surface area contributed by atoms with E-state index in [1.165, 1.54) is 24.3 Å². The second-order valence-electron chi connectivity index (χ2n) is 7.61. The lowest BCUT2D eigenvalue weighted by Crippen LogP contribution is -2.43. The highest BCUT2D eigenvalue weighted by atomic mass is 19.1. The van der Waals surface area contributed by atoms with Gasteiger partial charge in [-0.15, -0.1) is 0 Å². The van der Waals surface area contributed by atoms with Crippen LogP contribution in [0.4, 0.5) is 10.1 Å². The van der Waals surface area contributed by atoms with Gasteiger partial charge in [-0.25, -0.2) is 4.39 Å². The summed E-state index contributed by atoms with van der Waals surface area (Å²) in [6.07, 6.45) is 2.64. The van der Waals surface area contributed by atoms with Gasteiger partial charge in [0.05, 0.1) is 0 Å². The molecule has 5 nitrogen and oxygen atoms in total. The first-order chi connectivity index (χ1) is 13.5. The van der Waals surface area contributed by atoms with Gasteiger partial charge in [-0.1, -0.05) is 6.07 Å². The summed E-state index contributed by atoms with van der Waals surface area (Å²) >= 11 is 0. The zero-order valence-corrected chi connectivity index (χ0v) is 16.0. The number of piperidine rings is 1. The molecular weight excluding hydrogens is 357 g/mol. The molecule has 2 heterocycles. The van der Waals surface area contributed by atoms with Crippen molar-refractivity contribution in [3.63, 3.8) is 0 Å². The van der Waals surface area contributed by atoms with Crippen molar-refractivity contribution in [3.05, 3.63) is 65.0 Å². The molecule has 2 aliphatic heterocycles. The Bertz CT molecular complexity index is 889. The molecule has 0 saturated carbocycles. The van der Waals surface area contributed by atoms with Crippen LogP contribution in [-0.2, 0) is 6.42 Å². The van der Waals surface area contributed by atoms with E-state index in [1.54, 1.807) is 11.0 Å². The van der Waals surface area contributed by atoms with Gasteiger partial charge in [-0.3, -0.25) is 9.59 Å². The van der Waals surface area contributed by atoms with Gasteiger partial charge < -0.3 is 15.1 Å². The molecule has 0 bridgehead atoms. The first-order valence-electron chi connectivity index (χ1n) is 9.71. The van der Waals surface area contributed by atoms with E-state index in [4.69, 9.17) is 0 Å². The second-order valence-corrected chi connectivity index (χ2v) is 7.61. The van der Waals surface area contributed by atoms with Crippen molar-refractivity contribution in [2.45, 2.75) is 25.3 Å². The van der Waals surface area contributed by atoms with Crippen LogP contribution in [0.1, 0.15) is 39.1 Å². The second kappa shape index (κ2) is 7.72. The number of hydrogen-bond acceptors (Lipinski definition) is 3. The monoisotopic (exact) mass is 381 g/mol. The molecule has 0 radical (unpaired) electrons. The van der Waals surface area contributed by atoms with E-state index in [0.29, 0.717) is 17.7 Å². The minimum atomic E-state index is -0.369. The molecule has 2 aromatic rings. The number of nitrogens with one attached hydrogen (secondary N) is 1. The summed E-state index contributed by atoms with van der Waals surface area (Å²) in [5, 5.41) is 3.12. The van der Waals surface area contributed by atoms with E-state index < -0.39 is 0 Å². The Balaban J connectivity index is 1.51. The highest BCUT2D eigenvalue weighted by Gasteiger charge is 2.27. The van der Waals surface area contributed by atoms with Crippen LogP contribution < -0.4 is 10.2 Å². The first-order valence-corrected chi connectivity index (χ1v) is 9.71. The van der Waals surface area contributed by atoms with Crippen molar-refractivity contribution < 1.29 is 14.0 Å². The number of likely N-dealkylation sites (tertiary alicyclic amines) is 1. The SMILES string of the molecule is CN1CCC(NC(=O)c2ccc3c(c2)N(C(=O)c2ccc(F)cc2)CC3)CC1. The number of benzene rings is 2. The largest absolute Gasteiger partial charge is 0.349 e. The summed E-state index contributed by atoms with van der Waals surface area (Å²) in [7, 11) is 2.09. The molecule has 0 spiro atoms. The Kier molecular flexibility index (Phi) is 5.13. The third-order valence-corrected chi connectivity index (χ3v) is 5.63. The lowest BCUT2D eigenvalue weighted by molar-refractivity contribution is 0.0915. The van der Waals surface area contributed by atoms with Crippen LogP contribution >= 0.6 is 0 Å². The van der Waals surface area contributed by atoms with E-state index in [2.05, 4.69) is 17.3 Å². The zero-order valence-electron chi connectivity index (χ0n) is 16.0. The molecule has 0 unspecified atom stereocenters. The molecular formula is C22H24FN3O2. The standard InChI is InChI=1S/C22H24FN3O2/c1-25-11-9-19(10-12-25)24-21(27)17-3-2-15-8-13-26(20(15)14-17)22(28)16-4-6-18(23)7-5-16/h2-7,14,19H,8-13H2,1H3,(H,24,27). The van der Waals surface area contributed by atoms with Gasteiger partial charge in [0.2, 0.25) is 0 Å². The van der Waals surface area contributed by atoms with Crippen LogP contribution in [0.5, 0.6) is 0 Å². The average molecular weight is 381 g/mol. The molecule has 0 aliphatic carbocycles. The van der Waals surface area contributed by atoms with Crippen molar-refractivity contribution in [1.82, 2.24) is 10.2 Å². The average Bonchev–Trinajstić information content (AvgIpc) is 3.13. The third kappa shape index (κ3) is 3.78. The number of nitrogens with zero attached hydrogens (tertiary/aromatic N) is 2. The fraction of sp³-hybridized carbons (Fsp3) is 0.364. The van der Waals surface area contributed by atoms with Crippen LogP contribution in [0.2, 0.25) is 0 Å². The molecule has 1 saturated heterocycles. The number of anilines is 1. The summed E-state index contributed by atoms with van der Waals surface area (Å²) in [5.74, 6) is -0.642. The fourth-order valence-electron chi connectivity index (χ4n) is 3.90. The quantitative estimate of drug-likeness (QED) is 0.890. The Hall–Kier alpha value is -2.73. The topological polar surface area (TPSA) is 52.7 Å². The molecule has 2 amide bonds. The van der Waals surface area contributed by atoms with Gasteiger partial charge in [-0.2, -0.15) is 0 Å². The first kappa shape index (κ1) is 18.6. The number of rotatable bonds is 3. The minimum Gasteiger partial charge on any atom is -0.349 e. The number of hydrogen-bond donors (Lipinski definition) is 1. The Labute approximate surface area is 164 Å². The van der Waals surface area contributed by atoms with Crippen molar-refractivity contribution in [1.29, 1.82) is 0 Å². The lowest BCUT2D eigenvalue weighted by Gasteiger charge is -2.29. The molecule has 6 heteroatoms. The zero-order chi connectivity index (χ0) is 19.7. The van der Waals surface area contributed by atoms with Crippen LogP contribution in [-0.4, -0.2) is 49.4 Å². The normalized spacial score (nSPS) is 17.4. The Morgan fingerprint density at radius 3 is 2.39 bits per heavy atom. The number of amides is 2. The molecule has 4 rings (SSSR count). The summed E-state index contributed by atoms with van der Waals surface area (Å²) in [6.45, 7) is 2.52. The summed E-state index contributed by atoms with van der Waals surface area (Å²) in [5.41, 5.74) is 2.82. The number of fused-ring (bicyclic) bond motifs is 1. The van der Waals surface area contributed by atoms with Crippen molar-refractivity contribution in [3.8, 4) is 0 Å². The maximum atomic E-state index is 13.1. The highest BCUT2D eigenvalue weighted by molar-refractivity contribution is 6.08. The Morgan fingerprint density at radius 2 is 1.68 bits per heavy atom. The van der Waals surface area contributed by atoms with E-state index in [-0.39, 0.29) is 23.7 Å². The molecule has 1 N–H and O–H groups in total. The van der Waals surface area contributed by atoms with Crippen molar-refractivity contribution >= 4 is 17.5 Å². The molecule has 1 fully saturated rings. The number of halogens is 1. The number of carbonyl (C=O) groups excluding carboxylic acids is 2. The molecule has 0 atom stereocenters. The molecule has 146 valence electrons. The Morgan fingerprint density at radius 1 is 1.00 bits per heavy atom. The molecule has 0 aromatic heterocycles. The molecule has 2 aromatic carbocycles. The van der Waals surface area contributed by atoms with Crippen LogP contribution in [0, 0.1) is 5.82 Å². The van der Waals surface area contributed by atoms with Gasteiger partial charge in [0.1, 0.15) is 5.82 Å². The van der Waals surface area contributed by atoms with Gasteiger partial charge in [0.15, 0.2) is 0 Å². The lowest BCUT2D eigenvalue weighted by atomic mass is 10.0. The fourth-order valence-corrected chi connectivity index (χ4v) is 3.90. The summed E-state index contributed by atoms with van der Waals surface area (Å²) in [6, 6.07) is 11.3. The number of carbonyl (C=O) groups is 2. The van der Waals surface area contributed by atoms with Crippen LogP contribution in [0.3, 0.4) is 0 Å². The van der Waals surface area contributed by atoms with Gasteiger partial charge in [0.25, 0.3) is 11.8 Å². The summed E-state index contributed by atoms with van der Waals surface area (Å²) < 4.78 is 13.1. The predicted molar refractivity (Wildman–Crippen MR) is 106 cm³/mol. The minimum absolute atomic E-state index is 0.0987. The van der Waals surface area contributed by atoms with E-state index >= 15 is 0 Å². The van der Waals surface area contributed by atoms with E-state index in [0.717, 1.165) is 43.6 Å². The molecule has 28 heavy (non-hydrogen) atoms. The van der Waals surface area contributed by atoms with Crippen LogP contribution in [0.25, 0.3) is 0 Å². The van der Waals surface area contributed by atoms with Gasteiger partial charge in [0, 0.05) is 29.4 Å². The maximum Gasteiger partial charge on any atom is 0.258 e. The maximum absolute atomic E-state index is 13.1. The van der Waals surface area contributed by atoms with E-state index in [1.807, 2.05) is 12.1 Å². The smallest absolute Gasteiger partial charge is 0.258 e. The van der Waals surface area contributed by atoms with Crippen molar-refractivity contribution in [2.24, 2.45) is 0 Å². The van der Waals surface area contributed by atoms with Gasteiger partial charge in [-0.05, 0) is 81.4 Å². The third-order valence-electron chi connectivity index (χ3n) is 5.63. The van der Waals surface area contributed by atoms with Crippen LogP contribution in [0.15, 0.2) is 42.5 Å². The summed E-state index contributed by atoms with van der Waals surface area (Å²) in [4.78, 5) is 29.5. The predicted octanol–water partition coefficient (Wildman–Crippen LogP) is 2.85. The van der Waals surface area contributed by atoms with E-state index in [9.17, 15) is 14.0 Å². The van der Waals surface area contributed by atoms with Crippen molar-refractivity contribution in [2.75, 3.05) is 31.6 Å². The highest BCUT2D eigenvalue weighted by Crippen LogP contribution is 2.30. The van der Waals surface area contributed by atoms with Gasteiger partial charge >= 0.3 is 0 Å². The molecule has 2 aliphatic rings.